The number of alkyl halides is 1. The fourth-order valence-electron chi connectivity index (χ4n) is 3.14. The second-order valence-corrected chi connectivity index (χ2v) is 10.5. The van der Waals surface area contributed by atoms with Crippen LogP contribution in [0.1, 0.15) is 36.2 Å². The van der Waals surface area contributed by atoms with E-state index in [2.05, 4.69) is 11.1 Å². The number of oxazole rings is 1. The van der Waals surface area contributed by atoms with Crippen LogP contribution in [-0.2, 0) is 21.9 Å². The molecule has 10 heteroatoms. The fraction of sp³-hybridized carbons (Fsp3) is 0.304. The van der Waals surface area contributed by atoms with Gasteiger partial charge in [0.05, 0.1) is 16.5 Å². The molecule has 0 saturated carbocycles. The Hall–Kier alpha value is -2.73. The number of sulfone groups is 1. The monoisotopic (exact) mass is 508 g/mol. The summed E-state index contributed by atoms with van der Waals surface area (Å²) in [6.07, 6.45) is 2.28. The first-order chi connectivity index (χ1) is 15.6. The number of halogens is 2. The number of hydrogen-bond donors (Lipinski definition) is 0. The molecule has 0 aliphatic carbocycles. The van der Waals surface area contributed by atoms with E-state index >= 15 is 0 Å². The molecule has 0 radical (unpaired) electrons. The van der Waals surface area contributed by atoms with E-state index in [0.29, 0.717) is 33.7 Å². The highest BCUT2D eigenvalue weighted by Crippen LogP contribution is 2.38. The van der Waals surface area contributed by atoms with Gasteiger partial charge in [-0.15, -0.1) is 11.6 Å². The number of aromatic nitrogens is 1. The SMILES string of the molecule is CC(C)(c1ccc(OCc2coc(S(C)(=O)=O)n2)cc1)c1cc(Cl)c(OCCCl)c(C#N)c1. The van der Waals surface area contributed by atoms with E-state index < -0.39 is 15.3 Å². The molecule has 0 atom stereocenters. The highest BCUT2D eigenvalue weighted by Gasteiger charge is 2.26. The van der Waals surface area contributed by atoms with Crippen molar-refractivity contribution in [1.29, 1.82) is 5.26 Å². The lowest BCUT2D eigenvalue weighted by molar-refractivity contribution is 0.301. The number of benzene rings is 2. The van der Waals surface area contributed by atoms with E-state index in [4.69, 9.17) is 37.1 Å². The summed E-state index contributed by atoms with van der Waals surface area (Å²) < 4.78 is 39.1. The minimum Gasteiger partial charge on any atom is -0.489 e. The van der Waals surface area contributed by atoms with Crippen molar-refractivity contribution in [1.82, 2.24) is 4.98 Å². The van der Waals surface area contributed by atoms with E-state index in [1.165, 1.54) is 6.26 Å². The summed E-state index contributed by atoms with van der Waals surface area (Å²) in [5, 5.41) is 9.57. The molecule has 0 fully saturated rings. The molecule has 2 aromatic carbocycles. The van der Waals surface area contributed by atoms with Crippen molar-refractivity contribution in [2.24, 2.45) is 0 Å². The Balaban J connectivity index is 1.77. The van der Waals surface area contributed by atoms with Gasteiger partial charge >= 0.3 is 5.22 Å². The number of ether oxygens (including phenoxy) is 2. The molecule has 0 N–H and O–H groups in total. The van der Waals surface area contributed by atoms with Gasteiger partial charge in [0.25, 0.3) is 0 Å². The molecule has 33 heavy (non-hydrogen) atoms. The Morgan fingerprint density at radius 1 is 1.15 bits per heavy atom. The Kier molecular flexibility index (Phi) is 7.58. The molecular weight excluding hydrogens is 487 g/mol. The van der Waals surface area contributed by atoms with Gasteiger partial charge in [0, 0.05) is 11.7 Å². The average Bonchev–Trinajstić information content (AvgIpc) is 3.26. The van der Waals surface area contributed by atoms with Crippen LogP contribution in [0.5, 0.6) is 11.5 Å². The van der Waals surface area contributed by atoms with Crippen molar-refractivity contribution in [2.45, 2.75) is 31.1 Å². The van der Waals surface area contributed by atoms with Crippen LogP contribution in [0.15, 0.2) is 52.3 Å². The Labute approximate surface area is 202 Å². The minimum absolute atomic E-state index is 0.0622. The lowest BCUT2D eigenvalue weighted by Gasteiger charge is -2.27. The van der Waals surface area contributed by atoms with Gasteiger partial charge in [-0.05, 0) is 35.4 Å². The summed E-state index contributed by atoms with van der Waals surface area (Å²) in [6, 6.07) is 13.1. The first-order valence-corrected chi connectivity index (χ1v) is 12.7. The highest BCUT2D eigenvalue weighted by atomic mass is 35.5. The topological polar surface area (TPSA) is 102 Å². The van der Waals surface area contributed by atoms with Crippen LogP contribution in [0, 0.1) is 11.3 Å². The van der Waals surface area contributed by atoms with Crippen LogP contribution in [-0.4, -0.2) is 32.1 Å². The van der Waals surface area contributed by atoms with Gasteiger partial charge in [0.1, 0.15) is 37.0 Å². The standard InChI is InChI=1S/C23H22Cl2N2O5S/c1-23(2,17-10-15(12-26)21(20(25)11-17)30-9-8-24)16-4-6-19(7-5-16)31-13-18-14-32-22(27-18)33(3,28)29/h4-7,10-11,14H,8-9,13H2,1-3H3. The number of nitriles is 1. The molecule has 1 heterocycles. The van der Waals surface area contributed by atoms with E-state index in [9.17, 15) is 13.7 Å². The zero-order chi connectivity index (χ0) is 24.2. The van der Waals surface area contributed by atoms with Gasteiger partial charge in [0.2, 0.25) is 9.84 Å². The van der Waals surface area contributed by atoms with Gasteiger partial charge in [0.15, 0.2) is 5.75 Å². The molecule has 7 nitrogen and oxygen atoms in total. The second-order valence-electron chi connectivity index (χ2n) is 7.80. The van der Waals surface area contributed by atoms with Gasteiger partial charge in [-0.2, -0.15) is 5.26 Å². The van der Waals surface area contributed by atoms with Crippen LogP contribution >= 0.6 is 23.2 Å². The maximum atomic E-state index is 11.5. The third-order valence-corrected chi connectivity index (χ3v) is 6.28. The second kappa shape index (κ2) is 10.0. The molecule has 0 aliphatic heterocycles. The molecule has 0 saturated heterocycles. The van der Waals surface area contributed by atoms with Crippen molar-refractivity contribution < 1.29 is 22.3 Å². The summed E-state index contributed by atoms with van der Waals surface area (Å²) in [4.78, 5) is 3.91. The van der Waals surface area contributed by atoms with Crippen LogP contribution < -0.4 is 9.47 Å². The summed E-state index contributed by atoms with van der Waals surface area (Å²) in [6.45, 7) is 4.37. The molecule has 3 rings (SSSR count). The molecule has 0 aliphatic rings. The molecular formula is C23H22Cl2N2O5S. The third kappa shape index (κ3) is 5.80. The molecule has 3 aromatic rings. The van der Waals surface area contributed by atoms with Crippen LogP contribution in [0.25, 0.3) is 0 Å². The number of rotatable bonds is 9. The summed E-state index contributed by atoms with van der Waals surface area (Å²) >= 11 is 12.1. The maximum absolute atomic E-state index is 11.5. The van der Waals surface area contributed by atoms with E-state index in [1.54, 1.807) is 24.3 Å². The summed E-state index contributed by atoms with van der Waals surface area (Å²) in [7, 11) is -3.51. The van der Waals surface area contributed by atoms with Crippen LogP contribution in [0.2, 0.25) is 5.02 Å². The summed E-state index contributed by atoms with van der Waals surface area (Å²) in [5.74, 6) is 1.20. The van der Waals surface area contributed by atoms with Crippen molar-refractivity contribution in [2.75, 3.05) is 18.7 Å². The zero-order valence-corrected chi connectivity index (χ0v) is 20.6. The first kappa shape index (κ1) is 24.9. The van der Waals surface area contributed by atoms with Crippen molar-refractivity contribution in [3.8, 4) is 17.6 Å². The Morgan fingerprint density at radius 3 is 2.42 bits per heavy atom. The van der Waals surface area contributed by atoms with Gasteiger partial charge in [-0.25, -0.2) is 13.4 Å². The molecule has 0 unspecified atom stereocenters. The van der Waals surface area contributed by atoms with Crippen LogP contribution in [0.4, 0.5) is 0 Å². The fourth-order valence-corrected chi connectivity index (χ4v) is 4.00. The molecule has 174 valence electrons. The minimum atomic E-state index is -3.51. The smallest absolute Gasteiger partial charge is 0.314 e. The predicted molar refractivity (Wildman–Crippen MR) is 125 cm³/mol. The quantitative estimate of drug-likeness (QED) is 0.369. The normalized spacial score (nSPS) is 11.8. The zero-order valence-electron chi connectivity index (χ0n) is 18.3. The molecule has 0 bridgehead atoms. The van der Waals surface area contributed by atoms with Gasteiger partial charge in [-0.1, -0.05) is 37.6 Å². The number of nitrogens with zero attached hydrogens (tertiary/aromatic N) is 2. The summed E-state index contributed by atoms with van der Waals surface area (Å²) in [5.41, 5.74) is 2.08. The van der Waals surface area contributed by atoms with Gasteiger partial charge in [-0.3, -0.25) is 0 Å². The van der Waals surface area contributed by atoms with E-state index in [0.717, 1.165) is 17.4 Å². The van der Waals surface area contributed by atoms with E-state index in [1.807, 2.05) is 26.0 Å². The lowest BCUT2D eigenvalue weighted by Crippen LogP contribution is -2.19. The Bertz CT molecular complexity index is 1280. The van der Waals surface area contributed by atoms with Crippen LogP contribution in [0.3, 0.4) is 0 Å². The highest BCUT2D eigenvalue weighted by molar-refractivity contribution is 7.90. The molecule has 0 amide bonds. The molecule has 0 spiro atoms. The predicted octanol–water partition coefficient (Wildman–Crippen LogP) is 5.13. The third-order valence-electron chi connectivity index (χ3n) is 5.02. The first-order valence-electron chi connectivity index (χ1n) is 9.87. The maximum Gasteiger partial charge on any atom is 0.314 e. The Morgan fingerprint density at radius 2 is 1.85 bits per heavy atom. The lowest BCUT2D eigenvalue weighted by atomic mass is 9.77. The largest absolute Gasteiger partial charge is 0.489 e. The van der Waals surface area contributed by atoms with Gasteiger partial charge < -0.3 is 13.9 Å². The average molecular weight is 509 g/mol. The molecule has 1 aromatic heterocycles. The van der Waals surface area contributed by atoms with Crippen molar-refractivity contribution in [3.05, 3.63) is 70.1 Å². The van der Waals surface area contributed by atoms with E-state index in [-0.39, 0.29) is 18.4 Å². The number of hydrogen-bond acceptors (Lipinski definition) is 7. The van der Waals surface area contributed by atoms with Crippen molar-refractivity contribution >= 4 is 33.0 Å². The van der Waals surface area contributed by atoms with Crippen molar-refractivity contribution in [3.63, 3.8) is 0 Å².